The summed E-state index contributed by atoms with van der Waals surface area (Å²) < 4.78 is 19.3. The maximum Gasteiger partial charge on any atom is 0.254 e. The van der Waals surface area contributed by atoms with Crippen LogP contribution in [0.15, 0.2) is 22.7 Å². The van der Waals surface area contributed by atoms with Crippen LogP contribution in [-0.4, -0.2) is 34.0 Å². The van der Waals surface area contributed by atoms with Gasteiger partial charge in [0.25, 0.3) is 5.91 Å². The van der Waals surface area contributed by atoms with E-state index >= 15 is 0 Å². The molecule has 1 aliphatic carbocycles. The van der Waals surface area contributed by atoms with Crippen LogP contribution in [0.4, 0.5) is 4.39 Å². The molecule has 126 valence electrons. The van der Waals surface area contributed by atoms with Crippen LogP contribution in [0.2, 0.25) is 0 Å². The normalized spacial score (nSPS) is 26.0. The highest BCUT2D eigenvalue weighted by atomic mass is 19.1. The number of amides is 1. The second kappa shape index (κ2) is 5.40. The fraction of sp³-hybridized carbons (Fsp3) is 0.500. The molecule has 2 fully saturated rings. The summed E-state index contributed by atoms with van der Waals surface area (Å²) in [6.07, 6.45) is 3.10. The number of carbonyl (C=O) groups excluding carboxylic acids is 1. The van der Waals surface area contributed by atoms with Crippen molar-refractivity contribution in [1.29, 1.82) is 0 Å². The van der Waals surface area contributed by atoms with Crippen molar-refractivity contribution in [3.63, 3.8) is 0 Å². The molecule has 2 atom stereocenters. The lowest BCUT2D eigenvalue weighted by Crippen LogP contribution is -2.35. The summed E-state index contributed by atoms with van der Waals surface area (Å²) in [5.41, 5.74) is 0.604. The van der Waals surface area contributed by atoms with Crippen LogP contribution >= 0.6 is 0 Å². The van der Waals surface area contributed by atoms with Crippen LogP contribution in [0.1, 0.15) is 46.9 Å². The maximum absolute atomic E-state index is 13.8. The first-order valence-corrected chi connectivity index (χ1v) is 8.36. The first-order valence-electron chi connectivity index (χ1n) is 8.36. The molecule has 5 nitrogen and oxygen atoms in total. The Balaban J connectivity index is 1.66. The Morgan fingerprint density at radius 2 is 2.25 bits per heavy atom. The SMILES string of the molecule is Cc1noc([C@]23CCC[C@H]2CN(C(=O)c2cccc(F)c2C)C3)n1. The van der Waals surface area contributed by atoms with Crippen molar-refractivity contribution in [2.45, 2.75) is 38.5 Å². The fourth-order valence-electron chi connectivity index (χ4n) is 4.30. The van der Waals surface area contributed by atoms with Crippen LogP contribution in [0, 0.1) is 25.6 Å². The van der Waals surface area contributed by atoms with E-state index in [2.05, 4.69) is 10.1 Å². The third kappa shape index (κ3) is 2.16. The molecular weight excluding hydrogens is 309 g/mol. The standard InChI is InChI=1S/C18H20FN3O2/c1-11-14(6-3-7-15(11)19)16(23)22-9-13-5-4-8-18(13,10-22)17-20-12(2)21-24-17/h3,6-7,13H,4-5,8-10H2,1-2H3/t13-,18-/m0/s1. The average molecular weight is 329 g/mol. The number of nitrogens with zero attached hydrogens (tertiary/aromatic N) is 3. The highest BCUT2D eigenvalue weighted by molar-refractivity contribution is 5.96. The van der Waals surface area contributed by atoms with Gasteiger partial charge in [-0.15, -0.1) is 0 Å². The van der Waals surface area contributed by atoms with E-state index in [1.54, 1.807) is 19.1 Å². The van der Waals surface area contributed by atoms with Gasteiger partial charge in [-0.25, -0.2) is 4.39 Å². The Morgan fingerprint density at radius 3 is 3.00 bits per heavy atom. The van der Waals surface area contributed by atoms with Crippen molar-refractivity contribution in [1.82, 2.24) is 15.0 Å². The van der Waals surface area contributed by atoms with Crippen molar-refractivity contribution in [3.8, 4) is 0 Å². The van der Waals surface area contributed by atoms with Crippen molar-refractivity contribution < 1.29 is 13.7 Å². The van der Waals surface area contributed by atoms with E-state index in [0.29, 0.717) is 41.8 Å². The number of aryl methyl sites for hydroxylation is 1. The van der Waals surface area contributed by atoms with E-state index in [1.807, 2.05) is 11.8 Å². The summed E-state index contributed by atoms with van der Waals surface area (Å²) in [4.78, 5) is 19.2. The summed E-state index contributed by atoms with van der Waals surface area (Å²) in [5.74, 6) is 1.14. The minimum atomic E-state index is -0.345. The minimum absolute atomic E-state index is 0.114. The predicted molar refractivity (Wildman–Crippen MR) is 85.1 cm³/mol. The highest BCUT2D eigenvalue weighted by Crippen LogP contribution is 2.50. The second-order valence-corrected chi connectivity index (χ2v) is 6.99. The smallest absolute Gasteiger partial charge is 0.254 e. The Labute approximate surface area is 139 Å². The van der Waals surface area contributed by atoms with Gasteiger partial charge in [-0.3, -0.25) is 4.79 Å². The number of hydrogen-bond acceptors (Lipinski definition) is 4. The van der Waals surface area contributed by atoms with Gasteiger partial charge in [-0.1, -0.05) is 17.6 Å². The van der Waals surface area contributed by atoms with Gasteiger partial charge in [-0.05, 0) is 50.3 Å². The van der Waals surface area contributed by atoms with Gasteiger partial charge in [0.15, 0.2) is 5.82 Å². The van der Waals surface area contributed by atoms with Gasteiger partial charge in [0.2, 0.25) is 5.89 Å². The Morgan fingerprint density at radius 1 is 1.42 bits per heavy atom. The first kappa shape index (κ1) is 15.3. The van der Waals surface area contributed by atoms with Gasteiger partial charge in [-0.2, -0.15) is 4.98 Å². The van der Waals surface area contributed by atoms with Crippen LogP contribution in [-0.2, 0) is 5.41 Å². The van der Waals surface area contributed by atoms with Crippen molar-refractivity contribution in [2.75, 3.05) is 13.1 Å². The number of benzene rings is 1. The summed E-state index contributed by atoms with van der Waals surface area (Å²) in [6.45, 7) is 4.68. The number of fused-ring (bicyclic) bond motifs is 1. The number of carbonyl (C=O) groups is 1. The van der Waals surface area contributed by atoms with E-state index < -0.39 is 0 Å². The number of rotatable bonds is 2. The monoisotopic (exact) mass is 329 g/mol. The molecule has 6 heteroatoms. The fourth-order valence-corrected chi connectivity index (χ4v) is 4.30. The van der Waals surface area contributed by atoms with Crippen LogP contribution in [0.5, 0.6) is 0 Å². The molecule has 1 saturated heterocycles. The third-order valence-electron chi connectivity index (χ3n) is 5.61. The van der Waals surface area contributed by atoms with Gasteiger partial charge in [0.1, 0.15) is 5.82 Å². The molecule has 1 amide bonds. The quantitative estimate of drug-likeness (QED) is 0.850. The molecule has 2 aliphatic rings. The average Bonchev–Trinajstić information content (AvgIpc) is 3.22. The largest absolute Gasteiger partial charge is 0.339 e. The Hall–Kier alpha value is -2.24. The van der Waals surface area contributed by atoms with E-state index in [9.17, 15) is 9.18 Å². The maximum atomic E-state index is 13.8. The summed E-state index contributed by atoms with van der Waals surface area (Å²) in [6, 6.07) is 4.66. The molecule has 1 saturated carbocycles. The third-order valence-corrected chi connectivity index (χ3v) is 5.61. The topological polar surface area (TPSA) is 59.2 Å². The molecule has 0 unspecified atom stereocenters. The Kier molecular flexibility index (Phi) is 3.44. The zero-order valence-electron chi connectivity index (χ0n) is 13.9. The van der Waals surface area contributed by atoms with Gasteiger partial charge in [0.05, 0.1) is 5.41 Å². The number of halogens is 1. The van der Waals surface area contributed by atoms with Gasteiger partial charge in [0, 0.05) is 18.7 Å². The first-order chi connectivity index (χ1) is 11.5. The van der Waals surface area contributed by atoms with Gasteiger partial charge >= 0.3 is 0 Å². The van der Waals surface area contributed by atoms with Crippen molar-refractivity contribution in [3.05, 3.63) is 46.9 Å². The molecule has 2 aromatic rings. The molecule has 0 radical (unpaired) electrons. The molecule has 0 spiro atoms. The molecule has 2 heterocycles. The molecule has 0 bridgehead atoms. The molecule has 1 aliphatic heterocycles. The predicted octanol–water partition coefficient (Wildman–Crippen LogP) is 3.02. The zero-order chi connectivity index (χ0) is 16.9. The van der Waals surface area contributed by atoms with E-state index in [0.717, 1.165) is 19.3 Å². The number of likely N-dealkylation sites (tertiary alicyclic amines) is 1. The van der Waals surface area contributed by atoms with Crippen molar-refractivity contribution >= 4 is 5.91 Å². The highest BCUT2D eigenvalue weighted by Gasteiger charge is 2.55. The lowest BCUT2D eigenvalue weighted by Gasteiger charge is -2.24. The van der Waals surface area contributed by atoms with E-state index in [4.69, 9.17) is 4.52 Å². The summed E-state index contributed by atoms with van der Waals surface area (Å²) in [5, 5.41) is 3.93. The minimum Gasteiger partial charge on any atom is -0.339 e. The van der Waals surface area contributed by atoms with Crippen LogP contribution in [0.3, 0.4) is 0 Å². The molecule has 0 N–H and O–H groups in total. The summed E-state index contributed by atoms with van der Waals surface area (Å²) in [7, 11) is 0. The second-order valence-electron chi connectivity index (χ2n) is 6.99. The number of aromatic nitrogens is 2. The molecular formula is C18H20FN3O2. The molecule has 1 aromatic heterocycles. The lowest BCUT2D eigenvalue weighted by atomic mass is 9.80. The number of hydrogen-bond donors (Lipinski definition) is 0. The van der Waals surface area contributed by atoms with Crippen molar-refractivity contribution in [2.24, 2.45) is 5.92 Å². The van der Waals surface area contributed by atoms with Crippen LogP contribution < -0.4 is 0 Å². The van der Waals surface area contributed by atoms with Gasteiger partial charge < -0.3 is 9.42 Å². The van der Waals surface area contributed by atoms with E-state index in [1.165, 1.54) is 6.07 Å². The van der Waals surface area contributed by atoms with E-state index in [-0.39, 0.29) is 17.1 Å². The van der Waals surface area contributed by atoms with Crippen LogP contribution in [0.25, 0.3) is 0 Å². The molecule has 24 heavy (non-hydrogen) atoms. The Bertz CT molecular complexity index is 803. The molecule has 1 aromatic carbocycles. The zero-order valence-corrected chi connectivity index (χ0v) is 13.9. The molecule has 4 rings (SSSR count). The lowest BCUT2D eigenvalue weighted by molar-refractivity contribution is 0.0773. The summed E-state index contributed by atoms with van der Waals surface area (Å²) >= 11 is 0.